The summed E-state index contributed by atoms with van der Waals surface area (Å²) in [5.41, 5.74) is 2.19. The first-order chi connectivity index (χ1) is 13.9. The van der Waals surface area contributed by atoms with E-state index in [4.69, 9.17) is 9.29 Å². The minimum Gasteiger partial charge on any atom is -0.493 e. The van der Waals surface area contributed by atoms with E-state index in [2.05, 4.69) is 28.8 Å². The highest BCUT2D eigenvalue weighted by atomic mass is 32.2. The summed E-state index contributed by atoms with van der Waals surface area (Å²) in [6.45, 7) is 5.29. The molecule has 0 amide bonds. The Morgan fingerprint density at radius 3 is 2.48 bits per heavy atom. The zero-order valence-electron chi connectivity index (χ0n) is 17.1. The average molecular weight is 419 g/mol. The van der Waals surface area contributed by atoms with E-state index in [-0.39, 0.29) is 6.54 Å². The normalized spacial score (nSPS) is 31.7. The second-order valence-electron chi connectivity index (χ2n) is 9.87. The molecule has 0 spiro atoms. The van der Waals surface area contributed by atoms with Crippen molar-refractivity contribution in [2.45, 2.75) is 64.8 Å². The standard InChI is InChI=1S/C21H30N4O3S/c1-13(2)17-11-25-19(23-24-20(25)10-22-29(26)27)6-18(17)28-12-21-7-14-3-15(8-21)5-16(4-14)9-21/h6,11,13-16,22H,3-5,7-10,12H2,1-2H3,(H,26,27). The molecule has 4 aliphatic carbocycles. The maximum Gasteiger partial charge on any atom is 0.232 e. The van der Waals surface area contributed by atoms with Crippen molar-refractivity contribution >= 4 is 16.9 Å². The van der Waals surface area contributed by atoms with Gasteiger partial charge in [-0.3, -0.25) is 8.95 Å². The topological polar surface area (TPSA) is 88.8 Å². The Balaban J connectivity index is 1.39. The molecule has 4 bridgehead atoms. The molecule has 4 aliphatic rings. The minimum atomic E-state index is -2.08. The van der Waals surface area contributed by atoms with Gasteiger partial charge in [0.05, 0.1) is 13.2 Å². The van der Waals surface area contributed by atoms with Crippen molar-refractivity contribution in [3.8, 4) is 5.75 Å². The molecule has 0 saturated heterocycles. The molecule has 1 atom stereocenters. The molecule has 2 aromatic rings. The number of fused-ring (bicyclic) bond motifs is 1. The molecule has 0 aliphatic heterocycles. The first-order valence-electron chi connectivity index (χ1n) is 10.8. The molecule has 4 saturated carbocycles. The van der Waals surface area contributed by atoms with Gasteiger partial charge in [-0.15, -0.1) is 10.2 Å². The van der Waals surface area contributed by atoms with Crippen molar-refractivity contribution in [1.29, 1.82) is 0 Å². The molecule has 158 valence electrons. The molecule has 0 aromatic carbocycles. The van der Waals surface area contributed by atoms with E-state index in [0.717, 1.165) is 35.7 Å². The van der Waals surface area contributed by atoms with Crippen LogP contribution in [0.3, 0.4) is 0 Å². The highest BCUT2D eigenvalue weighted by Crippen LogP contribution is 2.60. The second-order valence-corrected chi connectivity index (χ2v) is 10.7. The quantitative estimate of drug-likeness (QED) is 0.670. The van der Waals surface area contributed by atoms with Gasteiger partial charge in [0.15, 0.2) is 11.5 Å². The largest absolute Gasteiger partial charge is 0.493 e. The van der Waals surface area contributed by atoms with Gasteiger partial charge in [0.2, 0.25) is 11.3 Å². The zero-order chi connectivity index (χ0) is 20.2. The Morgan fingerprint density at radius 1 is 1.24 bits per heavy atom. The van der Waals surface area contributed by atoms with Gasteiger partial charge in [-0.25, -0.2) is 8.93 Å². The van der Waals surface area contributed by atoms with Gasteiger partial charge in [-0.05, 0) is 62.2 Å². The van der Waals surface area contributed by atoms with E-state index < -0.39 is 11.3 Å². The van der Waals surface area contributed by atoms with Crippen LogP contribution >= 0.6 is 0 Å². The van der Waals surface area contributed by atoms with Crippen LogP contribution in [0.25, 0.3) is 5.65 Å². The monoisotopic (exact) mass is 418 g/mol. The van der Waals surface area contributed by atoms with Gasteiger partial charge in [-0.2, -0.15) is 0 Å². The highest BCUT2D eigenvalue weighted by molar-refractivity contribution is 7.77. The molecule has 7 nitrogen and oxygen atoms in total. The van der Waals surface area contributed by atoms with E-state index in [1.807, 2.05) is 16.7 Å². The minimum absolute atomic E-state index is 0.176. The summed E-state index contributed by atoms with van der Waals surface area (Å²) in [6, 6.07) is 1.97. The lowest BCUT2D eigenvalue weighted by Gasteiger charge is -2.56. The number of hydrogen-bond acceptors (Lipinski definition) is 4. The fraction of sp³-hybridized carbons (Fsp3) is 0.714. The van der Waals surface area contributed by atoms with Gasteiger partial charge in [-0.1, -0.05) is 13.8 Å². The first-order valence-corrected chi connectivity index (χ1v) is 11.9. The Morgan fingerprint density at radius 2 is 1.90 bits per heavy atom. The van der Waals surface area contributed by atoms with Crippen LogP contribution in [0, 0.1) is 23.2 Å². The molecular formula is C21H30N4O3S. The van der Waals surface area contributed by atoms with Crippen LogP contribution in [0.4, 0.5) is 0 Å². The summed E-state index contributed by atoms with van der Waals surface area (Å²) >= 11 is -2.08. The van der Waals surface area contributed by atoms with Gasteiger partial charge in [0.1, 0.15) is 5.75 Å². The molecule has 4 fully saturated rings. The lowest BCUT2D eigenvalue weighted by Crippen LogP contribution is -2.48. The third-order valence-corrected chi connectivity index (χ3v) is 7.67. The Labute approximate surface area is 174 Å². The summed E-state index contributed by atoms with van der Waals surface area (Å²) < 4.78 is 30.8. The first kappa shape index (κ1) is 19.5. The number of pyridine rings is 1. The van der Waals surface area contributed by atoms with Crippen molar-refractivity contribution in [3.05, 3.63) is 23.7 Å². The molecule has 2 aromatic heterocycles. The number of hydrogen-bond donors (Lipinski definition) is 2. The van der Waals surface area contributed by atoms with Crippen LogP contribution < -0.4 is 9.46 Å². The van der Waals surface area contributed by atoms with Gasteiger partial charge in [0.25, 0.3) is 0 Å². The average Bonchev–Trinajstić information content (AvgIpc) is 3.05. The van der Waals surface area contributed by atoms with E-state index >= 15 is 0 Å². The van der Waals surface area contributed by atoms with Crippen LogP contribution in [0.5, 0.6) is 5.75 Å². The van der Waals surface area contributed by atoms with Crippen molar-refractivity contribution in [2.24, 2.45) is 23.2 Å². The summed E-state index contributed by atoms with van der Waals surface area (Å²) in [6.07, 6.45) is 10.3. The van der Waals surface area contributed by atoms with E-state index in [9.17, 15) is 4.21 Å². The number of nitrogens with zero attached hydrogens (tertiary/aromatic N) is 3. The summed E-state index contributed by atoms with van der Waals surface area (Å²) in [5, 5.41) is 8.42. The van der Waals surface area contributed by atoms with Crippen LogP contribution in [0.15, 0.2) is 12.3 Å². The molecular weight excluding hydrogens is 388 g/mol. The number of aromatic nitrogens is 3. The van der Waals surface area contributed by atoms with E-state index in [0.29, 0.717) is 22.8 Å². The molecule has 2 N–H and O–H groups in total. The Bertz CT molecular complexity index is 906. The van der Waals surface area contributed by atoms with Gasteiger partial charge < -0.3 is 4.74 Å². The predicted octanol–water partition coefficient (Wildman–Crippen LogP) is 3.67. The summed E-state index contributed by atoms with van der Waals surface area (Å²) in [4.78, 5) is 0. The molecule has 1 unspecified atom stereocenters. The summed E-state index contributed by atoms with van der Waals surface area (Å²) in [7, 11) is 0. The highest BCUT2D eigenvalue weighted by Gasteiger charge is 2.51. The third kappa shape index (κ3) is 3.70. The maximum atomic E-state index is 10.9. The van der Waals surface area contributed by atoms with Crippen molar-refractivity contribution in [1.82, 2.24) is 19.3 Å². The number of rotatable bonds is 7. The van der Waals surface area contributed by atoms with E-state index in [1.165, 1.54) is 38.5 Å². The van der Waals surface area contributed by atoms with Crippen molar-refractivity contribution in [2.75, 3.05) is 6.61 Å². The van der Waals surface area contributed by atoms with Crippen LogP contribution in [-0.2, 0) is 17.8 Å². The third-order valence-electron chi connectivity index (χ3n) is 7.28. The Kier molecular flexibility index (Phi) is 4.91. The maximum absolute atomic E-state index is 10.9. The van der Waals surface area contributed by atoms with E-state index in [1.54, 1.807) is 0 Å². The molecule has 2 heterocycles. The van der Waals surface area contributed by atoms with Crippen LogP contribution in [0.1, 0.15) is 69.7 Å². The zero-order valence-corrected chi connectivity index (χ0v) is 18.0. The SMILES string of the molecule is CC(C)c1cn2c(CNS(=O)O)nnc2cc1OCC12CC3CC(CC(C3)C1)C2. The lowest BCUT2D eigenvalue weighted by atomic mass is 9.50. The number of nitrogens with one attached hydrogen (secondary N) is 1. The van der Waals surface area contributed by atoms with Crippen molar-refractivity contribution < 1.29 is 13.5 Å². The smallest absolute Gasteiger partial charge is 0.232 e. The van der Waals surface area contributed by atoms with Gasteiger partial charge in [0, 0.05) is 23.2 Å². The lowest BCUT2D eigenvalue weighted by molar-refractivity contribution is -0.0746. The molecule has 8 heteroatoms. The molecule has 29 heavy (non-hydrogen) atoms. The van der Waals surface area contributed by atoms with Gasteiger partial charge >= 0.3 is 0 Å². The summed E-state index contributed by atoms with van der Waals surface area (Å²) in [5.74, 6) is 4.56. The second kappa shape index (κ2) is 7.32. The van der Waals surface area contributed by atoms with Crippen molar-refractivity contribution in [3.63, 3.8) is 0 Å². The number of ether oxygens (including phenoxy) is 1. The fourth-order valence-corrected chi connectivity index (χ4v) is 6.74. The van der Waals surface area contributed by atoms with Crippen LogP contribution in [0.2, 0.25) is 0 Å². The fourth-order valence-electron chi connectivity index (χ4n) is 6.48. The molecule has 0 radical (unpaired) electrons. The predicted molar refractivity (Wildman–Crippen MR) is 111 cm³/mol. The molecule has 6 rings (SSSR count). The Hall–Kier alpha value is -1.51. The van der Waals surface area contributed by atoms with Crippen LogP contribution in [-0.4, -0.2) is 30.0 Å².